The van der Waals surface area contributed by atoms with Gasteiger partial charge in [0.15, 0.2) is 0 Å². The monoisotopic (exact) mass is 218 g/mol. The van der Waals surface area contributed by atoms with E-state index >= 15 is 0 Å². The van der Waals surface area contributed by atoms with E-state index in [9.17, 15) is 0 Å². The Balaban J connectivity index is 2.57. The Labute approximate surface area is 93.4 Å². The van der Waals surface area contributed by atoms with Crippen LogP contribution in [0.5, 0.6) is 0 Å². The molecule has 0 unspecified atom stereocenters. The second kappa shape index (κ2) is 4.32. The van der Waals surface area contributed by atoms with Gasteiger partial charge in [-0.3, -0.25) is 0 Å². The second-order valence-electron chi connectivity index (χ2n) is 3.52. The fourth-order valence-corrected chi connectivity index (χ4v) is 1.72. The zero-order valence-corrected chi connectivity index (χ0v) is 9.10. The normalized spacial score (nSPS) is 10.8. The van der Waals surface area contributed by atoms with Gasteiger partial charge in [-0.2, -0.15) is 4.98 Å². The molecule has 2 rings (SSSR count). The van der Waals surface area contributed by atoms with Crippen LogP contribution >= 0.6 is 0 Å². The molecular weight excluding hydrogens is 204 g/mol. The first-order valence-electron chi connectivity index (χ1n) is 5.02. The van der Waals surface area contributed by atoms with Crippen LogP contribution in [0.15, 0.2) is 18.2 Å². The predicted molar refractivity (Wildman–Crippen MR) is 63.9 cm³/mol. The van der Waals surface area contributed by atoms with Crippen molar-refractivity contribution in [2.75, 3.05) is 25.2 Å². The van der Waals surface area contributed by atoms with Gasteiger partial charge in [0, 0.05) is 12.5 Å². The van der Waals surface area contributed by atoms with Crippen molar-refractivity contribution in [3.63, 3.8) is 0 Å². The molecule has 2 aromatic rings. The van der Waals surface area contributed by atoms with Crippen molar-refractivity contribution in [1.82, 2.24) is 9.97 Å². The second-order valence-corrected chi connectivity index (χ2v) is 3.52. The average molecular weight is 218 g/mol. The minimum absolute atomic E-state index is 0.203. The van der Waals surface area contributed by atoms with E-state index in [1.165, 1.54) is 0 Å². The van der Waals surface area contributed by atoms with E-state index in [4.69, 9.17) is 16.2 Å². The first-order chi connectivity index (χ1) is 7.72. The lowest BCUT2D eigenvalue weighted by molar-refractivity contribution is 0.202. The molecule has 0 amide bonds. The van der Waals surface area contributed by atoms with Gasteiger partial charge in [0.05, 0.1) is 12.1 Å². The maximum absolute atomic E-state index is 5.86. The molecule has 0 saturated heterocycles. The third kappa shape index (κ3) is 1.90. The number of nitrogens with two attached hydrogens (primary N) is 2. The summed E-state index contributed by atoms with van der Waals surface area (Å²) in [6, 6.07) is 5.80. The Morgan fingerprint density at radius 3 is 2.81 bits per heavy atom. The van der Waals surface area contributed by atoms with Crippen molar-refractivity contribution in [3.8, 4) is 0 Å². The highest BCUT2D eigenvalue weighted by molar-refractivity contribution is 5.91. The summed E-state index contributed by atoms with van der Waals surface area (Å²) < 4.78 is 5.05. The largest absolute Gasteiger partial charge is 0.384 e. The Morgan fingerprint density at radius 2 is 2.06 bits per heavy atom. The van der Waals surface area contributed by atoms with Gasteiger partial charge >= 0.3 is 0 Å². The fourth-order valence-electron chi connectivity index (χ4n) is 1.72. The molecule has 0 bridgehead atoms. The third-order valence-corrected chi connectivity index (χ3v) is 2.43. The highest BCUT2D eigenvalue weighted by atomic mass is 16.5. The lowest BCUT2D eigenvalue weighted by Gasteiger charge is -2.08. The zero-order chi connectivity index (χ0) is 11.5. The molecule has 0 aliphatic rings. The summed E-state index contributed by atoms with van der Waals surface area (Å²) in [6.07, 6.45) is 0.783. The van der Waals surface area contributed by atoms with Crippen molar-refractivity contribution < 1.29 is 4.74 Å². The summed E-state index contributed by atoms with van der Waals surface area (Å²) in [7, 11) is 1.67. The van der Waals surface area contributed by atoms with Gasteiger partial charge in [0.1, 0.15) is 5.82 Å². The van der Waals surface area contributed by atoms with E-state index in [0.29, 0.717) is 12.4 Å². The standard InChI is InChI=1S/C11H14N4O/c1-16-6-5-7-3-2-4-8-9(7)10(12)15-11(13)14-8/h2-4H,5-6H2,1H3,(H4,12,13,14,15). The SMILES string of the molecule is COCCc1cccc2nc(N)nc(N)c12. The van der Waals surface area contributed by atoms with E-state index in [0.717, 1.165) is 22.9 Å². The Bertz CT molecular complexity index is 513. The summed E-state index contributed by atoms with van der Waals surface area (Å²) in [6.45, 7) is 0.642. The number of nitrogens with zero attached hydrogens (tertiary/aromatic N) is 2. The van der Waals surface area contributed by atoms with Crippen LogP contribution < -0.4 is 11.5 Å². The van der Waals surface area contributed by atoms with E-state index in [1.54, 1.807) is 7.11 Å². The number of anilines is 2. The van der Waals surface area contributed by atoms with Gasteiger partial charge in [-0.05, 0) is 18.1 Å². The fraction of sp³-hybridized carbons (Fsp3) is 0.273. The topological polar surface area (TPSA) is 87.0 Å². The number of benzene rings is 1. The molecule has 0 fully saturated rings. The minimum atomic E-state index is 0.203. The number of rotatable bonds is 3. The minimum Gasteiger partial charge on any atom is -0.384 e. The van der Waals surface area contributed by atoms with Gasteiger partial charge in [-0.1, -0.05) is 12.1 Å². The van der Waals surface area contributed by atoms with Crippen LogP contribution in [0.4, 0.5) is 11.8 Å². The molecule has 4 N–H and O–H groups in total. The van der Waals surface area contributed by atoms with Crippen LogP contribution in [0, 0.1) is 0 Å². The number of aromatic nitrogens is 2. The predicted octanol–water partition coefficient (Wildman–Crippen LogP) is 0.983. The Hall–Kier alpha value is -1.88. The highest BCUT2D eigenvalue weighted by Crippen LogP contribution is 2.23. The number of hydrogen-bond donors (Lipinski definition) is 2. The first kappa shape index (κ1) is 10.6. The third-order valence-electron chi connectivity index (χ3n) is 2.43. The molecule has 0 radical (unpaired) electrons. The van der Waals surface area contributed by atoms with Crippen LogP contribution in [0.2, 0.25) is 0 Å². The van der Waals surface area contributed by atoms with Gasteiger partial charge < -0.3 is 16.2 Å². The molecule has 5 heteroatoms. The molecule has 1 aromatic carbocycles. The maximum atomic E-state index is 5.86. The van der Waals surface area contributed by atoms with E-state index in [2.05, 4.69) is 9.97 Å². The smallest absolute Gasteiger partial charge is 0.222 e. The van der Waals surface area contributed by atoms with E-state index in [-0.39, 0.29) is 5.95 Å². The molecule has 0 saturated carbocycles. The molecule has 1 heterocycles. The van der Waals surface area contributed by atoms with Crippen LogP contribution in [0.3, 0.4) is 0 Å². The number of nitrogen functional groups attached to an aromatic ring is 2. The van der Waals surface area contributed by atoms with Gasteiger partial charge in [-0.15, -0.1) is 0 Å². The summed E-state index contributed by atoms with van der Waals surface area (Å²) in [4.78, 5) is 8.13. The number of fused-ring (bicyclic) bond motifs is 1. The molecule has 0 spiro atoms. The average Bonchev–Trinajstić information content (AvgIpc) is 2.25. The molecular formula is C11H14N4O. The van der Waals surface area contributed by atoms with Crippen LogP contribution in [-0.4, -0.2) is 23.7 Å². The van der Waals surface area contributed by atoms with Crippen molar-refractivity contribution >= 4 is 22.7 Å². The molecule has 16 heavy (non-hydrogen) atoms. The number of methoxy groups -OCH3 is 1. The highest BCUT2D eigenvalue weighted by Gasteiger charge is 2.07. The molecule has 0 aliphatic heterocycles. The Kier molecular flexibility index (Phi) is 2.87. The van der Waals surface area contributed by atoms with Crippen LogP contribution in [0.25, 0.3) is 10.9 Å². The van der Waals surface area contributed by atoms with E-state index < -0.39 is 0 Å². The quantitative estimate of drug-likeness (QED) is 0.802. The van der Waals surface area contributed by atoms with Gasteiger partial charge in [0.25, 0.3) is 0 Å². The van der Waals surface area contributed by atoms with E-state index in [1.807, 2.05) is 18.2 Å². The van der Waals surface area contributed by atoms with Crippen molar-refractivity contribution in [1.29, 1.82) is 0 Å². The lowest BCUT2D eigenvalue weighted by atomic mass is 10.1. The van der Waals surface area contributed by atoms with Gasteiger partial charge in [0.2, 0.25) is 5.95 Å². The van der Waals surface area contributed by atoms with Gasteiger partial charge in [-0.25, -0.2) is 4.98 Å². The number of ether oxygens (including phenoxy) is 1. The van der Waals surface area contributed by atoms with Crippen LogP contribution in [-0.2, 0) is 11.2 Å². The molecule has 0 aliphatic carbocycles. The van der Waals surface area contributed by atoms with Crippen molar-refractivity contribution in [3.05, 3.63) is 23.8 Å². The summed E-state index contributed by atoms with van der Waals surface area (Å²) in [5, 5.41) is 0.869. The molecule has 84 valence electrons. The Morgan fingerprint density at radius 1 is 1.25 bits per heavy atom. The molecule has 1 aromatic heterocycles. The lowest BCUT2D eigenvalue weighted by Crippen LogP contribution is -2.03. The molecule has 5 nitrogen and oxygen atoms in total. The van der Waals surface area contributed by atoms with Crippen LogP contribution in [0.1, 0.15) is 5.56 Å². The first-order valence-corrected chi connectivity index (χ1v) is 5.02. The summed E-state index contributed by atoms with van der Waals surface area (Å²) >= 11 is 0. The van der Waals surface area contributed by atoms with Crippen molar-refractivity contribution in [2.24, 2.45) is 0 Å². The summed E-state index contributed by atoms with van der Waals surface area (Å²) in [5.41, 5.74) is 13.3. The van der Waals surface area contributed by atoms with Crippen molar-refractivity contribution in [2.45, 2.75) is 6.42 Å². The number of hydrogen-bond acceptors (Lipinski definition) is 5. The summed E-state index contributed by atoms with van der Waals surface area (Å²) in [5.74, 6) is 0.628. The maximum Gasteiger partial charge on any atom is 0.222 e. The zero-order valence-electron chi connectivity index (χ0n) is 9.10. The molecule has 0 atom stereocenters.